The molecule has 0 aromatic heterocycles. The summed E-state index contributed by atoms with van der Waals surface area (Å²) in [6.45, 7) is 20.5. The van der Waals surface area contributed by atoms with Gasteiger partial charge >= 0.3 is 10.2 Å². The average molecular weight is 856 g/mol. The van der Waals surface area contributed by atoms with Crippen LogP contribution in [0.5, 0.6) is 0 Å². The number of nitrogens with one attached hydrogen (secondary N) is 4. The minimum absolute atomic E-state index is 0.0202. The number of carbonyl (C=O) groups is 5. The Balaban J connectivity index is 1.15. The normalized spacial score (nSPS) is 31.5. The van der Waals surface area contributed by atoms with E-state index in [1.807, 2.05) is 34.6 Å². The van der Waals surface area contributed by atoms with Gasteiger partial charge in [0.15, 0.2) is 0 Å². The number of amides is 5. The molecule has 336 valence electrons. The van der Waals surface area contributed by atoms with Crippen LogP contribution in [-0.4, -0.2) is 114 Å². The van der Waals surface area contributed by atoms with Gasteiger partial charge in [0.1, 0.15) is 23.7 Å². The van der Waals surface area contributed by atoms with Crippen molar-refractivity contribution < 1.29 is 32.4 Å². The molecule has 15 heteroatoms. The zero-order valence-corrected chi connectivity index (χ0v) is 38.2. The van der Waals surface area contributed by atoms with Crippen LogP contribution < -0.4 is 20.7 Å². The molecule has 7 fully saturated rings. The summed E-state index contributed by atoms with van der Waals surface area (Å²) in [7, 11) is -4.11. The molecule has 14 nitrogen and oxygen atoms in total. The fraction of sp³-hybridized carbons (Fsp3) is 0.844. The van der Waals surface area contributed by atoms with Crippen LogP contribution in [0.2, 0.25) is 0 Å². The zero-order chi connectivity index (χ0) is 43.7. The first-order valence-corrected chi connectivity index (χ1v) is 24.5. The Morgan fingerprint density at radius 2 is 1.38 bits per heavy atom. The number of likely N-dealkylation sites (tertiary alicyclic amines) is 2. The molecule has 0 radical (unpaired) electrons. The summed E-state index contributed by atoms with van der Waals surface area (Å²) in [5.41, 5.74) is -3.62. The minimum atomic E-state index is -4.11. The summed E-state index contributed by atoms with van der Waals surface area (Å²) in [4.78, 5) is 76.7. The van der Waals surface area contributed by atoms with Crippen molar-refractivity contribution in [3.8, 4) is 0 Å². The van der Waals surface area contributed by atoms with Gasteiger partial charge in [0.25, 0.3) is 5.91 Å². The van der Waals surface area contributed by atoms with Crippen LogP contribution in [0.3, 0.4) is 0 Å². The number of rotatable bonds is 13. The number of hydrogen-bond donors (Lipinski definition) is 4. The summed E-state index contributed by atoms with van der Waals surface area (Å²) >= 11 is 0. The summed E-state index contributed by atoms with van der Waals surface area (Å²) in [6.07, 6.45) is 14.4. The van der Waals surface area contributed by atoms with Crippen molar-refractivity contribution in [1.29, 1.82) is 0 Å². The molecule has 3 saturated heterocycles. The van der Waals surface area contributed by atoms with E-state index in [2.05, 4.69) is 46.0 Å². The highest BCUT2D eigenvalue weighted by Gasteiger charge is 2.85. The standard InChI is InChI=1S/C45H73N7O7S/c1-9-31-27-45(31,39(57)49-60(58,59)51-25-16-17-26-51)48-35(53)32-28-44(42(7,8)43(44)21-18-22-43)29-52(32)37(55)34(40(2,3)4)47-36(54)33(30-19-12-10-13-20-30)46-38(56)41(5,6)50-23-14-11-15-24-50/h9,30-34H,1,10-29H2,2-8H3,(H,46,56)(H,47,54)(H,48,53)(H,49,57)/t31-,32+,33+,34-,44-,45-/m1/s1. The Morgan fingerprint density at radius 1 is 0.783 bits per heavy atom. The largest absolute Gasteiger partial charge is 0.342 e. The number of nitrogens with zero attached hydrogens (tertiary/aromatic N) is 3. The predicted octanol–water partition coefficient (Wildman–Crippen LogP) is 4.16. The second-order valence-corrected chi connectivity index (χ2v) is 23.3. The van der Waals surface area contributed by atoms with E-state index in [0.29, 0.717) is 38.9 Å². The third-order valence-electron chi connectivity index (χ3n) is 16.9. The molecule has 7 rings (SSSR count). The van der Waals surface area contributed by atoms with Crippen LogP contribution in [0.4, 0.5) is 0 Å². The Bertz CT molecular complexity index is 1840. The number of hydrogen-bond acceptors (Lipinski definition) is 8. The predicted molar refractivity (Wildman–Crippen MR) is 229 cm³/mol. The van der Waals surface area contributed by atoms with Crippen LogP contribution in [0.1, 0.15) is 145 Å². The van der Waals surface area contributed by atoms with Crippen LogP contribution in [-0.2, 0) is 34.2 Å². The van der Waals surface area contributed by atoms with Crippen molar-refractivity contribution in [3.05, 3.63) is 12.7 Å². The molecule has 2 spiro atoms. The monoisotopic (exact) mass is 856 g/mol. The van der Waals surface area contributed by atoms with Gasteiger partial charge in [0.05, 0.1) is 5.54 Å². The molecular weight excluding hydrogens is 783 g/mol. The molecule has 7 aliphatic rings. The van der Waals surface area contributed by atoms with Gasteiger partial charge in [-0.3, -0.25) is 28.9 Å². The Kier molecular flexibility index (Phi) is 12.0. The highest BCUT2D eigenvalue weighted by molar-refractivity contribution is 7.87. The molecular formula is C45H73N7O7S. The maximum absolute atomic E-state index is 15.3. The molecule has 4 aliphatic carbocycles. The minimum Gasteiger partial charge on any atom is -0.342 e. The Labute approximate surface area is 358 Å². The van der Waals surface area contributed by atoms with Crippen molar-refractivity contribution in [2.45, 2.75) is 174 Å². The van der Waals surface area contributed by atoms with Crippen LogP contribution in [0.15, 0.2) is 12.7 Å². The first-order chi connectivity index (χ1) is 28.1. The maximum Gasteiger partial charge on any atom is 0.303 e. The van der Waals surface area contributed by atoms with Gasteiger partial charge in [-0.2, -0.15) is 12.7 Å². The molecule has 6 atom stereocenters. The van der Waals surface area contributed by atoms with Gasteiger partial charge in [-0.15, -0.1) is 6.58 Å². The first kappa shape index (κ1) is 45.0. The smallest absolute Gasteiger partial charge is 0.303 e. The van der Waals surface area contributed by atoms with Gasteiger partial charge in [-0.1, -0.05) is 72.8 Å². The Morgan fingerprint density at radius 3 is 1.92 bits per heavy atom. The highest BCUT2D eigenvalue weighted by atomic mass is 32.2. The van der Waals surface area contributed by atoms with E-state index in [4.69, 9.17) is 0 Å². The lowest BCUT2D eigenvalue weighted by molar-refractivity contribution is -0.145. The summed E-state index contributed by atoms with van der Waals surface area (Å²) in [5.74, 6) is -2.85. The van der Waals surface area contributed by atoms with Gasteiger partial charge in [-0.25, -0.2) is 4.72 Å². The van der Waals surface area contributed by atoms with Crippen LogP contribution in [0, 0.1) is 33.5 Å². The first-order valence-electron chi connectivity index (χ1n) is 23.0. The second kappa shape index (κ2) is 15.9. The molecule has 0 aromatic rings. The van der Waals surface area contributed by atoms with Gasteiger partial charge in [-0.05, 0) is 113 Å². The third-order valence-corrected chi connectivity index (χ3v) is 18.4. The SMILES string of the molecule is C=C[C@@H]1C[C@]1(NC(=O)[C@@H]1C[C@@]2(CN1C(=O)[C@@H](NC(=O)[C@@H](NC(=O)C(C)(C)N1CCCCC1)C1CCCCC1)C(C)(C)C)C(C)(C)C21CCC1)C(=O)NS(=O)(=O)N1CCCC1. The van der Waals surface area contributed by atoms with Gasteiger partial charge in [0, 0.05) is 31.0 Å². The van der Waals surface area contributed by atoms with Gasteiger partial charge in [0.2, 0.25) is 23.6 Å². The van der Waals surface area contributed by atoms with E-state index in [0.717, 1.165) is 83.7 Å². The summed E-state index contributed by atoms with van der Waals surface area (Å²) < 4.78 is 29.9. The molecule has 0 bridgehead atoms. The lowest BCUT2D eigenvalue weighted by Gasteiger charge is -2.42. The molecule has 4 N–H and O–H groups in total. The van der Waals surface area contributed by atoms with Crippen molar-refractivity contribution in [2.75, 3.05) is 32.7 Å². The van der Waals surface area contributed by atoms with E-state index >= 15 is 4.79 Å². The van der Waals surface area contributed by atoms with Crippen LogP contribution >= 0.6 is 0 Å². The molecule has 0 unspecified atom stereocenters. The van der Waals surface area contributed by atoms with Crippen LogP contribution in [0.25, 0.3) is 0 Å². The van der Waals surface area contributed by atoms with Crippen molar-refractivity contribution in [1.82, 2.24) is 34.8 Å². The maximum atomic E-state index is 15.3. The summed E-state index contributed by atoms with van der Waals surface area (Å²) in [6, 6.07) is -2.81. The molecule has 3 heterocycles. The Hall–Kier alpha value is -3.04. The second-order valence-electron chi connectivity index (χ2n) is 21.6. The van der Waals surface area contributed by atoms with E-state index < -0.39 is 68.5 Å². The highest BCUT2D eigenvalue weighted by Crippen LogP contribution is 2.88. The number of piperidine rings is 1. The average Bonchev–Trinajstić information content (AvgIpc) is 3.64. The zero-order valence-electron chi connectivity index (χ0n) is 37.4. The lowest BCUT2D eigenvalue weighted by atomic mass is 9.73. The van der Waals surface area contributed by atoms with Gasteiger partial charge < -0.3 is 20.9 Å². The third kappa shape index (κ3) is 7.51. The van der Waals surface area contributed by atoms with E-state index in [9.17, 15) is 27.6 Å². The lowest BCUT2D eigenvalue weighted by Crippen LogP contribution is -2.64. The van der Waals surface area contributed by atoms with Crippen molar-refractivity contribution >= 4 is 39.7 Å². The molecule has 60 heavy (non-hydrogen) atoms. The fourth-order valence-corrected chi connectivity index (χ4v) is 13.7. The van der Waals surface area contributed by atoms with E-state index in [1.54, 1.807) is 11.0 Å². The molecule has 4 saturated carbocycles. The number of fused-ring (bicyclic) bond motifs is 1. The quantitative estimate of drug-likeness (QED) is 0.200. The van der Waals surface area contributed by atoms with Crippen molar-refractivity contribution in [2.24, 2.45) is 33.5 Å². The summed E-state index contributed by atoms with van der Waals surface area (Å²) in [5, 5.41) is 9.31. The molecule has 0 aromatic carbocycles. The molecule has 5 amide bonds. The van der Waals surface area contributed by atoms with Crippen molar-refractivity contribution in [3.63, 3.8) is 0 Å². The van der Waals surface area contributed by atoms with E-state index in [1.165, 1.54) is 4.31 Å². The van der Waals surface area contributed by atoms with E-state index in [-0.39, 0.29) is 40.4 Å². The number of carbonyl (C=O) groups excluding carboxylic acids is 5. The fourth-order valence-electron chi connectivity index (χ4n) is 12.4. The molecule has 3 aliphatic heterocycles. The topological polar surface area (TPSA) is 177 Å².